The number of nitrogens with two attached hydrogens (primary N) is 1. The Labute approximate surface area is 190 Å². The Hall–Kier alpha value is -3.24. The molecule has 3 atom stereocenters. The molecule has 0 saturated heterocycles. The van der Waals surface area contributed by atoms with Crippen LogP contribution in [0.5, 0.6) is 0 Å². The topological polar surface area (TPSA) is 107 Å². The van der Waals surface area contributed by atoms with Crippen LogP contribution < -0.4 is 5.73 Å². The van der Waals surface area contributed by atoms with Crippen molar-refractivity contribution >= 4 is 28.0 Å². The highest BCUT2D eigenvalue weighted by molar-refractivity contribution is 7.86. The number of aromatic nitrogens is 3. The van der Waals surface area contributed by atoms with Crippen LogP contribution in [-0.2, 0) is 10.8 Å². The molecule has 3 aromatic heterocycles. The van der Waals surface area contributed by atoms with Crippen LogP contribution in [0.15, 0.2) is 76.7 Å². The second-order valence-electron chi connectivity index (χ2n) is 6.93. The zero-order valence-electron chi connectivity index (χ0n) is 17.1. The summed E-state index contributed by atoms with van der Waals surface area (Å²) in [6, 6.07) is 14.1. The molecule has 0 amide bonds. The summed E-state index contributed by atoms with van der Waals surface area (Å²) >= 11 is 1.29. The molecule has 10 heteroatoms. The van der Waals surface area contributed by atoms with Crippen molar-refractivity contribution in [1.82, 2.24) is 15.2 Å². The number of benzene rings is 1. The smallest absolute Gasteiger partial charge is 0.247 e. The Morgan fingerprint density at radius 1 is 1.16 bits per heavy atom. The largest absolute Gasteiger partial charge is 0.423 e. The van der Waals surface area contributed by atoms with Crippen LogP contribution in [0, 0.1) is 5.82 Å². The SMILES string of the molecule is CC1C(N)=NC(c2sc(-c3cccc(-c4nnco4)c3)cc2F)CS1=O.c1ccncc1. The maximum atomic E-state index is 14.6. The number of nitrogens with zero attached hydrogens (tertiary/aromatic N) is 4. The Morgan fingerprint density at radius 3 is 2.56 bits per heavy atom. The van der Waals surface area contributed by atoms with Crippen LogP contribution in [0.2, 0.25) is 0 Å². The Morgan fingerprint density at radius 2 is 1.94 bits per heavy atom. The number of thiophene rings is 1. The molecule has 3 unspecified atom stereocenters. The number of pyridine rings is 1. The van der Waals surface area contributed by atoms with Crippen LogP contribution in [0.3, 0.4) is 0 Å². The monoisotopic (exact) mass is 469 g/mol. The van der Waals surface area contributed by atoms with Crippen molar-refractivity contribution < 1.29 is 13.0 Å². The van der Waals surface area contributed by atoms with Crippen LogP contribution in [0.1, 0.15) is 17.8 Å². The predicted molar refractivity (Wildman–Crippen MR) is 124 cm³/mol. The average Bonchev–Trinajstić information content (AvgIpc) is 3.49. The fraction of sp³-hybridized carbons (Fsp3) is 0.182. The first-order valence-electron chi connectivity index (χ1n) is 9.74. The van der Waals surface area contributed by atoms with Crippen molar-refractivity contribution in [2.75, 3.05) is 5.75 Å². The van der Waals surface area contributed by atoms with Gasteiger partial charge in [0.15, 0.2) is 0 Å². The first-order valence-corrected chi connectivity index (χ1v) is 11.9. The van der Waals surface area contributed by atoms with Crippen LogP contribution in [0.25, 0.3) is 21.9 Å². The molecule has 1 aliphatic heterocycles. The Kier molecular flexibility index (Phi) is 6.81. The number of hydrogen-bond acceptors (Lipinski definition) is 8. The van der Waals surface area contributed by atoms with E-state index in [0.29, 0.717) is 16.6 Å². The third-order valence-corrected chi connectivity index (χ3v) is 7.71. The Bertz CT molecular complexity index is 1200. The highest BCUT2D eigenvalue weighted by Crippen LogP contribution is 2.38. The van der Waals surface area contributed by atoms with E-state index in [1.54, 1.807) is 19.3 Å². The lowest BCUT2D eigenvalue weighted by molar-refractivity contribution is 0.568. The van der Waals surface area contributed by atoms with E-state index in [9.17, 15) is 8.60 Å². The highest BCUT2D eigenvalue weighted by Gasteiger charge is 2.30. The Balaban J connectivity index is 0.000000354. The summed E-state index contributed by atoms with van der Waals surface area (Å²) in [4.78, 5) is 9.33. The van der Waals surface area contributed by atoms with Gasteiger partial charge < -0.3 is 10.2 Å². The van der Waals surface area contributed by atoms with Gasteiger partial charge in [0.25, 0.3) is 0 Å². The minimum absolute atomic E-state index is 0.279. The van der Waals surface area contributed by atoms with E-state index in [-0.39, 0.29) is 16.8 Å². The van der Waals surface area contributed by atoms with E-state index in [0.717, 1.165) is 16.0 Å². The number of rotatable bonds is 3. The molecule has 7 nitrogen and oxygen atoms in total. The minimum atomic E-state index is -1.16. The van der Waals surface area contributed by atoms with Crippen molar-refractivity contribution in [2.45, 2.75) is 18.2 Å². The summed E-state index contributed by atoms with van der Waals surface area (Å²) in [5, 5.41) is 7.27. The number of amidine groups is 1. The molecular formula is C22H20FN5O2S2. The van der Waals surface area contributed by atoms with E-state index in [1.165, 1.54) is 23.8 Å². The second-order valence-corrected chi connectivity index (χ2v) is 9.82. The van der Waals surface area contributed by atoms with Crippen molar-refractivity contribution in [3.8, 4) is 21.9 Å². The maximum Gasteiger partial charge on any atom is 0.247 e. The van der Waals surface area contributed by atoms with E-state index < -0.39 is 16.8 Å². The van der Waals surface area contributed by atoms with Crippen molar-refractivity contribution in [3.05, 3.63) is 78.0 Å². The van der Waals surface area contributed by atoms with Gasteiger partial charge >= 0.3 is 0 Å². The van der Waals surface area contributed by atoms with Crippen molar-refractivity contribution in [2.24, 2.45) is 10.7 Å². The summed E-state index contributed by atoms with van der Waals surface area (Å²) in [7, 11) is -1.16. The molecule has 0 aliphatic carbocycles. The van der Waals surface area contributed by atoms with Gasteiger partial charge in [0.05, 0.1) is 15.9 Å². The fourth-order valence-corrected chi connectivity index (χ4v) is 5.41. The van der Waals surface area contributed by atoms with E-state index in [2.05, 4.69) is 20.2 Å². The van der Waals surface area contributed by atoms with Gasteiger partial charge in [-0.25, -0.2) is 4.39 Å². The standard InChI is InChI=1S/C17H15FN4O2S2.C5H5N/c1-9-16(19)21-13(7-26(9)23)15-12(18)6-14(25-15)10-3-2-4-11(5-10)17-22-20-8-24-17;1-2-4-6-5-3-1/h2-6,8-9,13H,7H2,1H3,(H2,19,21);1-5H. The van der Waals surface area contributed by atoms with Gasteiger partial charge in [-0.2, -0.15) is 0 Å². The first kappa shape index (κ1) is 22.0. The third-order valence-electron chi connectivity index (χ3n) is 4.77. The molecule has 4 heterocycles. The lowest BCUT2D eigenvalue weighted by Gasteiger charge is -2.22. The van der Waals surface area contributed by atoms with Gasteiger partial charge in [0.1, 0.15) is 17.7 Å². The van der Waals surface area contributed by atoms with E-state index >= 15 is 0 Å². The van der Waals surface area contributed by atoms with E-state index in [4.69, 9.17) is 10.2 Å². The number of aliphatic imine (C=N–C) groups is 1. The zero-order valence-corrected chi connectivity index (χ0v) is 18.7. The van der Waals surface area contributed by atoms with Gasteiger partial charge in [-0.05, 0) is 42.8 Å². The summed E-state index contributed by atoms with van der Waals surface area (Å²) in [6.07, 6.45) is 4.76. The zero-order chi connectivity index (χ0) is 22.5. The molecule has 4 aromatic rings. The summed E-state index contributed by atoms with van der Waals surface area (Å²) in [5.41, 5.74) is 7.44. The minimum Gasteiger partial charge on any atom is -0.423 e. The van der Waals surface area contributed by atoms with Crippen LogP contribution >= 0.6 is 11.3 Å². The molecular weight excluding hydrogens is 449 g/mol. The molecule has 5 rings (SSSR count). The molecule has 0 spiro atoms. The summed E-state index contributed by atoms with van der Waals surface area (Å²) < 4.78 is 31.9. The number of halogens is 1. The molecule has 164 valence electrons. The van der Waals surface area contributed by atoms with Gasteiger partial charge in [-0.1, -0.05) is 18.2 Å². The second kappa shape index (κ2) is 9.92. The van der Waals surface area contributed by atoms with Crippen LogP contribution in [-0.4, -0.2) is 36.2 Å². The quantitative estimate of drug-likeness (QED) is 0.481. The summed E-state index contributed by atoms with van der Waals surface area (Å²) in [6.45, 7) is 1.77. The third kappa shape index (κ3) is 4.97. The fourth-order valence-electron chi connectivity index (χ4n) is 3.06. The lowest BCUT2D eigenvalue weighted by atomic mass is 10.1. The normalized spacial score (nSPS) is 20.2. The molecule has 1 aromatic carbocycles. The molecule has 1 aliphatic rings. The van der Waals surface area contributed by atoms with Crippen molar-refractivity contribution in [1.29, 1.82) is 0 Å². The van der Waals surface area contributed by atoms with Gasteiger partial charge in [-0.3, -0.25) is 14.2 Å². The first-order chi connectivity index (χ1) is 15.5. The molecule has 0 radical (unpaired) electrons. The van der Waals surface area contributed by atoms with Gasteiger partial charge in [-0.15, -0.1) is 21.5 Å². The van der Waals surface area contributed by atoms with Crippen molar-refractivity contribution in [3.63, 3.8) is 0 Å². The molecule has 0 bridgehead atoms. The molecule has 0 fully saturated rings. The highest BCUT2D eigenvalue weighted by atomic mass is 32.2. The van der Waals surface area contributed by atoms with Gasteiger partial charge in [0, 0.05) is 33.6 Å². The average molecular weight is 470 g/mol. The molecule has 2 N–H and O–H groups in total. The summed E-state index contributed by atoms with van der Waals surface area (Å²) in [5.74, 6) is 0.632. The molecule has 32 heavy (non-hydrogen) atoms. The maximum absolute atomic E-state index is 14.6. The van der Waals surface area contributed by atoms with Gasteiger partial charge in [0.2, 0.25) is 12.3 Å². The van der Waals surface area contributed by atoms with Crippen LogP contribution in [0.4, 0.5) is 4.39 Å². The number of hydrogen-bond donors (Lipinski definition) is 1. The lowest BCUT2D eigenvalue weighted by Crippen LogP contribution is -2.37. The predicted octanol–water partition coefficient (Wildman–Crippen LogP) is 4.23. The van der Waals surface area contributed by atoms with E-state index in [1.807, 2.05) is 42.5 Å². The molecule has 0 saturated carbocycles.